The van der Waals surface area contributed by atoms with E-state index in [0.717, 1.165) is 24.1 Å². The fourth-order valence-electron chi connectivity index (χ4n) is 6.92. The number of nitrogens with one attached hydrogen (secondary N) is 4. The minimum absolute atomic E-state index is 0.110. The molecule has 2 aliphatic carbocycles. The first-order valence-electron chi connectivity index (χ1n) is 19.0. The molecule has 59 heavy (non-hydrogen) atoms. The Kier molecular flexibility index (Phi) is 12.1. The average Bonchev–Trinajstić information content (AvgIpc) is 4.09. The standard InChI is InChI=1S/C21H16Cl2N4O.C21H29N5O5/c1-13-12-25-20-26(18-8-16(22)7-17(23)9-18)19(28)21(2,27(13)20)10-14-3-5-15(11-24)6-4-14;1-19(2,3)31-18(30)23-11-10-22-16(28)14-4-5-15(24-12-14)20(6-7-20)26-17(29)21(8-9-21)25-13-27/h3-9,12H,10H2,1-2H3;4-5,12-13H,6-11H2,1-3H3,(H,22,28)(H,23,30)(H,25,27)(H,26,29)/t21-;/m1./s1. The van der Waals surface area contributed by atoms with Gasteiger partial charge in [0.25, 0.3) is 11.8 Å². The second kappa shape index (κ2) is 16.7. The lowest BCUT2D eigenvalue weighted by Crippen LogP contribution is -2.49. The lowest BCUT2D eigenvalue weighted by molar-refractivity contribution is -0.127. The molecule has 0 saturated heterocycles. The smallest absolute Gasteiger partial charge is 0.407 e. The molecule has 15 nitrogen and oxygen atoms in total. The molecule has 1 atom stereocenters. The molecule has 3 heterocycles. The van der Waals surface area contributed by atoms with Gasteiger partial charge in [-0.05, 0) is 108 Å². The normalized spacial score (nSPS) is 17.9. The Hall–Kier alpha value is -5.98. The number of carbonyl (C=O) groups is 5. The van der Waals surface area contributed by atoms with Gasteiger partial charge >= 0.3 is 6.09 Å². The summed E-state index contributed by atoms with van der Waals surface area (Å²) in [5.41, 5.74) is 1.31. The number of rotatable bonds is 12. The number of fused-ring (bicyclic) bond motifs is 1. The third-order valence-corrected chi connectivity index (χ3v) is 10.7. The van der Waals surface area contributed by atoms with Crippen molar-refractivity contribution < 1.29 is 28.7 Å². The molecule has 1 aliphatic heterocycles. The number of pyridine rings is 1. The molecule has 0 radical (unpaired) electrons. The molecule has 5 amide bonds. The zero-order chi connectivity index (χ0) is 42.8. The Bertz CT molecular complexity index is 2290. The van der Waals surface area contributed by atoms with Gasteiger partial charge in [-0.2, -0.15) is 5.26 Å². The minimum atomic E-state index is -0.862. The second-order valence-corrected chi connectivity index (χ2v) is 16.9. The molecule has 4 N–H and O–H groups in total. The van der Waals surface area contributed by atoms with Crippen LogP contribution < -0.4 is 26.2 Å². The highest BCUT2D eigenvalue weighted by molar-refractivity contribution is 6.35. The Labute approximate surface area is 351 Å². The van der Waals surface area contributed by atoms with Crippen LogP contribution in [-0.2, 0) is 36.6 Å². The van der Waals surface area contributed by atoms with Crippen LogP contribution in [0.15, 0.2) is 67.0 Å². The highest BCUT2D eigenvalue weighted by Gasteiger charge is 2.55. The van der Waals surface area contributed by atoms with Gasteiger partial charge in [-0.15, -0.1) is 0 Å². The first kappa shape index (κ1) is 42.6. The maximum atomic E-state index is 13.6. The Morgan fingerprint density at radius 1 is 0.949 bits per heavy atom. The Morgan fingerprint density at radius 2 is 1.61 bits per heavy atom. The maximum absolute atomic E-state index is 13.6. The molecule has 0 unspecified atom stereocenters. The highest BCUT2D eigenvalue weighted by Crippen LogP contribution is 2.47. The zero-order valence-electron chi connectivity index (χ0n) is 33.3. The lowest BCUT2D eigenvalue weighted by Gasteiger charge is -2.26. The van der Waals surface area contributed by atoms with E-state index < -0.39 is 28.3 Å². The number of hydrogen-bond donors (Lipinski definition) is 4. The minimum Gasteiger partial charge on any atom is -0.444 e. The lowest BCUT2D eigenvalue weighted by atomic mass is 9.91. The predicted octanol–water partition coefficient (Wildman–Crippen LogP) is 5.73. The van der Waals surface area contributed by atoms with Crippen LogP contribution in [0.3, 0.4) is 0 Å². The summed E-state index contributed by atoms with van der Waals surface area (Å²) >= 11 is 12.3. The van der Waals surface area contributed by atoms with Gasteiger partial charge in [0.2, 0.25) is 18.3 Å². The molecule has 3 aliphatic rings. The summed E-state index contributed by atoms with van der Waals surface area (Å²) < 4.78 is 7.07. The largest absolute Gasteiger partial charge is 0.444 e. The van der Waals surface area contributed by atoms with Gasteiger partial charge < -0.3 is 26.0 Å². The van der Waals surface area contributed by atoms with Crippen LogP contribution in [-0.4, -0.2) is 69.0 Å². The van der Waals surface area contributed by atoms with Crippen molar-refractivity contribution in [3.05, 3.63) is 105 Å². The van der Waals surface area contributed by atoms with Gasteiger partial charge in [0.15, 0.2) is 0 Å². The van der Waals surface area contributed by atoms with Gasteiger partial charge in [0.1, 0.15) is 16.7 Å². The number of ether oxygens (including phenoxy) is 1. The Morgan fingerprint density at radius 3 is 2.17 bits per heavy atom. The molecule has 2 aromatic heterocycles. The molecular weight excluding hydrogens is 797 g/mol. The van der Waals surface area contributed by atoms with E-state index in [4.69, 9.17) is 33.2 Å². The molecule has 2 aromatic carbocycles. The van der Waals surface area contributed by atoms with Crippen molar-refractivity contribution in [3.63, 3.8) is 0 Å². The summed E-state index contributed by atoms with van der Waals surface area (Å²) in [6.07, 6.45) is 6.46. The number of alkyl carbamates (subject to hydrolysis) is 1. The van der Waals surface area contributed by atoms with Gasteiger partial charge in [0, 0.05) is 41.4 Å². The van der Waals surface area contributed by atoms with Crippen molar-refractivity contribution in [1.29, 1.82) is 5.26 Å². The van der Waals surface area contributed by atoms with Crippen molar-refractivity contribution in [2.75, 3.05) is 18.0 Å². The molecular formula is C42H45Cl2N9O6. The van der Waals surface area contributed by atoms with Crippen LogP contribution in [0.25, 0.3) is 0 Å². The number of amides is 5. The quantitative estimate of drug-likeness (QED) is 0.102. The second-order valence-electron chi connectivity index (χ2n) is 16.1. The molecule has 17 heteroatoms. The molecule has 308 valence electrons. The first-order valence-corrected chi connectivity index (χ1v) is 19.8. The van der Waals surface area contributed by atoms with E-state index >= 15 is 0 Å². The summed E-state index contributed by atoms with van der Waals surface area (Å²) in [4.78, 5) is 71.1. The summed E-state index contributed by atoms with van der Waals surface area (Å²) in [5, 5.41) is 20.8. The van der Waals surface area contributed by atoms with Crippen LogP contribution in [0.2, 0.25) is 10.0 Å². The van der Waals surface area contributed by atoms with Gasteiger partial charge in [-0.1, -0.05) is 35.3 Å². The van der Waals surface area contributed by atoms with Crippen molar-refractivity contribution in [2.24, 2.45) is 0 Å². The number of hydrogen-bond acceptors (Lipinski definition) is 9. The van der Waals surface area contributed by atoms with E-state index in [1.54, 1.807) is 74.3 Å². The van der Waals surface area contributed by atoms with Crippen molar-refractivity contribution in [2.45, 2.75) is 88.9 Å². The predicted molar refractivity (Wildman–Crippen MR) is 220 cm³/mol. The van der Waals surface area contributed by atoms with Crippen LogP contribution in [0.1, 0.15) is 86.3 Å². The maximum Gasteiger partial charge on any atom is 0.407 e. The summed E-state index contributed by atoms with van der Waals surface area (Å²) in [6.45, 7) is 9.62. The van der Waals surface area contributed by atoms with Gasteiger partial charge in [-0.3, -0.25) is 28.7 Å². The molecule has 0 bridgehead atoms. The summed E-state index contributed by atoms with van der Waals surface area (Å²) in [7, 11) is 0. The summed E-state index contributed by atoms with van der Waals surface area (Å²) in [6, 6.07) is 17.8. The number of halogens is 2. The number of nitrogens with zero attached hydrogens (tertiary/aromatic N) is 5. The molecule has 7 rings (SSSR count). The third-order valence-electron chi connectivity index (χ3n) is 10.2. The van der Waals surface area contributed by atoms with Gasteiger partial charge in [-0.25, -0.2) is 14.7 Å². The highest BCUT2D eigenvalue weighted by atomic mass is 35.5. The van der Waals surface area contributed by atoms with E-state index in [1.165, 1.54) is 6.20 Å². The third kappa shape index (κ3) is 9.50. The molecule has 0 spiro atoms. The van der Waals surface area contributed by atoms with Gasteiger partial charge in [0.05, 0.1) is 40.3 Å². The number of anilines is 2. The Balaban J connectivity index is 0.000000199. The van der Waals surface area contributed by atoms with E-state index in [1.807, 2.05) is 30.5 Å². The van der Waals surface area contributed by atoms with E-state index in [0.29, 0.717) is 64.2 Å². The fourth-order valence-corrected chi connectivity index (χ4v) is 7.43. The number of carbonyl (C=O) groups excluding carboxylic acids is 5. The number of imidazole rings is 1. The molecule has 2 fully saturated rings. The summed E-state index contributed by atoms with van der Waals surface area (Å²) in [5.74, 6) is -0.0809. The van der Waals surface area contributed by atoms with Crippen molar-refractivity contribution >= 4 is 65.1 Å². The van der Waals surface area contributed by atoms with E-state index in [9.17, 15) is 24.0 Å². The van der Waals surface area contributed by atoms with Crippen molar-refractivity contribution in [1.82, 2.24) is 35.8 Å². The number of aromatic nitrogens is 3. The SMILES string of the molecule is CC(C)(C)OC(=O)NCCNC(=O)c1ccc(C2(NC(=O)C3(NC=O)CC3)CC2)nc1.Cc1cnc2n1[C@](C)(Cc1ccc(C#N)cc1)C(=O)N2c1cc(Cl)cc(Cl)c1. The van der Waals surface area contributed by atoms with E-state index in [2.05, 4.69) is 37.3 Å². The molecule has 2 saturated carbocycles. The van der Waals surface area contributed by atoms with E-state index in [-0.39, 0.29) is 30.8 Å². The van der Waals surface area contributed by atoms with Crippen LogP contribution >= 0.6 is 23.2 Å². The number of aryl methyl sites for hydroxylation is 1. The van der Waals surface area contributed by atoms with Crippen LogP contribution in [0.5, 0.6) is 0 Å². The van der Waals surface area contributed by atoms with Crippen molar-refractivity contribution in [3.8, 4) is 6.07 Å². The topological polar surface area (TPSA) is 200 Å². The average molecular weight is 843 g/mol. The van der Waals surface area contributed by atoms with Crippen LogP contribution in [0.4, 0.5) is 16.4 Å². The number of nitriles is 1. The molecule has 4 aromatic rings. The monoisotopic (exact) mass is 841 g/mol. The first-order chi connectivity index (χ1) is 27.9. The van der Waals surface area contributed by atoms with Crippen LogP contribution in [0, 0.1) is 18.3 Å². The fraction of sp³-hybridized carbons (Fsp3) is 0.381. The zero-order valence-corrected chi connectivity index (χ0v) is 34.8. The number of benzene rings is 2.